The molecule has 92 valence electrons. The summed E-state index contributed by atoms with van der Waals surface area (Å²) in [7, 11) is 0. The van der Waals surface area contributed by atoms with Gasteiger partial charge in [0.25, 0.3) is 0 Å². The Morgan fingerprint density at radius 3 is 2.71 bits per heavy atom. The van der Waals surface area contributed by atoms with Gasteiger partial charge in [0, 0.05) is 33.6 Å². The Morgan fingerprint density at radius 1 is 1.41 bits per heavy atom. The highest BCUT2D eigenvalue weighted by Gasteiger charge is 2.11. The molecule has 0 aliphatic carbocycles. The van der Waals surface area contributed by atoms with Crippen LogP contribution in [-0.4, -0.2) is 10.2 Å². The number of hydrogen-bond acceptors (Lipinski definition) is 3. The first-order valence-electron chi connectivity index (χ1n) is 5.87. The smallest absolute Gasteiger partial charge is 0.0535 e. The summed E-state index contributed by atoms with van der Waals surface area (Å²) in [4.78, 5) is 2.79. The Kier molecular flexibility index (Phi) is 3.64. The third-order valence-corrected chi connectivity index (χ3v) is 4.06. The molecule has 0 unspecified atom stereocenters. The molecule has 0 fully saturated rings. The number of nitrogens with one attached hydrogen (secondary N) is 2. The van der Waals surface area contributed by atoms with E-state index in [-0.39, 0.29) is 0 Å². The number of rotatable bonds is 4. The minimum atomic E-state index is 0.384. The maximum absolute atomic E-state index is 4.03. The predicted octanol–water partition coefficient (Wildman–Crippen LogP) is 3.25. The van der Waals surface area contributed by atoms with E-state index in [1.165, 1.54) is 20.9 Å². The Bertz CT molecular complexity index is 498. The summed E-state index contributed by atoms with van der Waals surface area (Å²) >= 11 is 1.87. The number of aryl methyl sites for hydroxylation is 3. The van der Waals surface area contributed by atoms with Crippen LogP contribution in [0.3, 0.4) is 0 Å². The van der Waals surface area contributed by atoms with Crippen molar-refractivity contribution in [3.05, 3.63) is 38.8 Å². The van der Waals surface area contributed by atoms with Crippen molar-refractivity contribution in [2.45, 2.75) is 40.3 Å². The highest BCUT2D eigenvalue weighted by Crippen LogP contribution is 2.26. The topological polar surface area (TPSA) is 40.7 Å². The zero-order chi connectivity index (χ0) is 12.4. The summed E-state index contributed by atoms with van der Waals surface area (Å²) < 4.78 is 0. The zero-order valence-corrected chi connectivity index (χ0v) is 11.6. The van der Waals surface area contributed by atoms with Crippen LogP contribution in [0.4, 0.5) is 0 Å². The molecule has 0 aliphatic rings. The molecule has 0 saturated carbocycles. The Hall–Kier alpha value is -1.13. The lowest BCUT2D eigenvalue weighted by Gasteiger charge is -2.13. The largest absolute Gasteiger partial charge is 0.306 e. The molecule has 3 nitrogen and oxygen atoms in total. The van der Waals surface area contributed by atoms with Gasteiger partial charge in [-0.05, 0) is 39.3 Å². The molecule has 0 amide bonds. The molecular weight excluding hydrogens is 230 g/mol. The fourth-order valence-electron chi connectivity index (χ4n) is 2.01. The van der Waals surface area contributed by atoms with E-state index in [0.29, 0.717) is 6.04 Å². The van der Waals surface area contributed by atoms with Crippen LogP contribution in [0.1, 0.15) is 39.5 Å². The molecule has 0 saturated heterocycles. The van der Waals surface area contributed by atoms with Gasteiger partial charge in [0.2, 0.25) is 0 Å². The number of thiophene rings is 1. The van der Waals surface area contributed by atoms with Gasteiger partial charge in [-0.15, -0.1) is 11.3 Å². The van der Waals surface area contributed by atoms with E-state index in [1.807, 2.05) is 17.5 Å². The molecule has 17 heavy (non-hydrogen) atoms. The molecule has 0 bridgehead atoms. The number of aromatic nitrogens is 2. The maximum Gasteiger partial charge on any atom is 0.0535 e. The van der Waals surface area contributed by atoms with Crippen molar-refractivity contribution in [1.82, 2.24) is 15.5 Å². The Labute approximate surface area is 106 Å². The first-order chi connectivity index (χ1) is 8.08. The van der Waals surface area contributed by atoms with E-state index in [0.717, 1.165) is 12.2 Å². The minimum absolute atomic E-state index is 0.384. The van der Waals surface area contributed by atoms with Gasteiger partial charge in [0.15, 0.2) is 0 Å². The molecule has 0 radical (unpaired) electrons. The van der Waals surface area contributed by atoms with Crippen LogP contribution in [0.25, 0.3) is 0 Å². The van der Waals surface area contributed by atoms with Crippen molar-refractivity contribution in [3.8, 4) is 0 Å². The molecule has 0 spiro atoms. The van der Waals surface area contributed by atoms with Gasteiger partial charge in [-0.2, -0.15) is 5.10 Å². The highest BCUT2D eigenvalue weighted by molar-refractivity contribution is 7.12. The molecule has 2 rings (SSSR count). The third kappa shape index (κ3) is 2.76. The van der Waals surface area contributed by atoms with Gasteiger partial charge >= 0.3 is 0 Å². The van der Waals surface area contributed by atoms with Crippen LogP contribution >= 0.6 is 11.3 Å². The standard InChI is InChI=1S/C13H19N3S/c1-8-5-13(11(4)17-8)10(3)14-6-12-7-15-16-9(12)2/h5,7,10,14H,6H2,1-4H3,(H,15,16)/t10-/m0/s1. The van der Waals surface area contributed by atoms with Crippen LogP contribution in [0.2, 0.25) is 0 Å². The van der Waals surface area contributed by atoms with E-state index < -0.39 is 0 Å². The van der Waals surface area contributed by atoms with Crippen molar-refractivity contribution in [1.29, 1.82) is 0 Å². The second-order valence-electron chi connectivity index (χ2n) is 4.49. The summed E-state index contributed by atoms with van der Waals surface area (Å²) in [5.74, 6) is 0. The van der Waals surface area contributed by atoms with Gasteiger partial charge in [-0.3, -0.25) is 5.10 Å². The SMILES string of the molecule is Cc1cc([C@H](C)NCc2cn[nH]c2C)c(C)s1. The molecule has 2 aromatic heterocycles. The van der Waals surface area contributed by atoms with Gasteiger partial charge in [-0.25, -0.2) is 0 Å². The quantitative estimate of drug-likeness (QED) is 0.873. The molecule has 0 aliphatic heterocycles. The average Bonchev–Trinajstić information content (AvgIpc) is 2.81. The summed E-state index contributed by atoms with van der Waals surface area (Å²) in [5.41, 5.74) is 3.79. The number of nitrogens with zero attached hydrogens (tertiary/aromatic N) is 1. The van der Waals surface area contributed by atoms with Gasteiger partial charge in [0.1, 0.15) is 0 Å². The fourth-order valence-corrected chi connectivity index (χ4v) is 3.03. The first kappa shape index (κ1) is 12.3. The highest BCUT2D eigenvalue weighted by atomic mass is 32.1. The van der Waals surface area contributed by atoms with Crippen LogP contribution in [0, 0.1) is 20.8 Å². The molecule has 0 aromatic carbocycles. The van der Waals surface area contributed by atoms with Crippen molar-refractivity contribution in [2.24, 2.45) is 0 Å². The summed E-state index contributed by atoms with van der Waals surface area (Å²) in [6, 6.07) is 2.66. The van der Waals surface area contributed by atoms with E-state index >= 15 is 0 Å². The molecular formula is C13H19N3S. The zero-order valence-electron chi connectivity index (χ0n) is 10.8. The van der Waals surface area contributed by atoms with Gasteiger partial charge in [0.05, 0.1) is 6.20 Å². The first-order valence-corrected chi connectivity index (χ1v) is 6.68. The molecule has 2 heterocycles. The van der Waals surface area contributed by atoms with E-state index in [9.17, 15) is 0 Å². The number of hydrogen-bond donors (Lipinski definition) is 2. The van der Waals surface area contributed by atoms with Gasteiger partial charge in [-0.1, -0.05) is 0 Å². The maximum atomic E-state index is 4.03. The van der Waals surface area contributed by atoms with Gasteiger partial charge < -0.3 is 5.32 Å². The summed E-state index contributed by atoms with van der Waals surface area (Å²) in [6.45, 7) is 9.47. The van der Waals surface area contributed by atoms with Crippen molar-refractivity contribution >= 4 is 11.3 Å². The number of H-pyrrole nitrogens is 1. The minimum Gasteiger partial charge on any atom is -0.306 e. The Balaban J connectivity index is 2.00. The van der Waals surface area contributed by atoms with Crippen LogP contribution in [0.5, 0.6) is 0 Å². The second kappa shape index (κ2) is 5.02. The summed E-state index contributed by atoms with van der Waals surface area (Å²) in [5, 5.41) is 10.5. The summed E-state index contributed by atoms with van der Waals surface area (Å²) in [6.07, 6.45) is 1.89. The van der Waals surface area contributed by atoms with E-state index in [1.54, 1.807) is 0 Å². The van der Waals surface area contributed by atoms with Crippen molar-refractivity contribution in [2.75, 3.05) is 0 Å². The molecule has 2 aromatic rings. The normalized spacial score (nSPS) is 12.9. The van der Waals surface area contributed by atoms with Crippen molar-refractivity contribution in [3.63, 3.8) is 0 Å². The Morgan fingerprint density at radius 2 is 2.18 bits per heavy atom. The average molecular weight is 249 g/mol. The van der Waals surface area contributed by atoms with Crippen LogP contribution < -0.4 is 5.32 Å². The monoisotopic (exact) mass is 249 g/mol. The molecule has 1 atom stereocenters. The van der Waals surface area contributed by atoms with Crippen LogP contribution in [-0.2, 0) is 6.54 Å². The van der Waals surface area contributed by atoms with Crippen LogP contribution in [0.15, 0.2) is 12.3 Å². The fraction of sp³-hybridized carbons (Fsp3) is 0.462. The van der Waals surface area contributed by atoms with E-state index in [4.69, 9.17) is 0 Å². The lowest BCUT2D eigenvalue weighted by Crippen LogP contribution is -2.18. The lowest BCUT2D eigenvalue weighted by atomic mass is 10.1. The number of aromatic amines is 1. The second-order valence-corrected chi connectivity index (χ2v) is 5.95. The van der Waals surface area contributed by atoms with Crippen molar-refractivity contribution < 1.29 is 0 Å². The molecule has 4 heteroatoms. The third-order valence-electron chi connectivity index (χ3n) is 3.08. The lowest BCUT2D eigenvalue weighted by molar-refractivity contribution is 0.573. The van der Waals surface area contributed by atoms with E-state index in [2.05, 4.69) is 49.3 Å². The predicted molar refractivity (Wildman–Crippen MR) is 72.4 cm³/mol. The molecule has 2 N–H and O–H groups in total.